The second-order valence-corrected chi connectivity index (χ2v) is 6.48. The molecule has 1 aromatic carbocycles. The van der Waals surface area contributed by atoms with Crippen LogP contribution in [-0.2, 0) is 4.74 Å². The number of urea groups is 1. The van der Waals surface area contributed by atoms with Crippen LogP contribution in [0.5, 0.6) is 0 Å². The fraction of sp³-hybridized carbons (Fsp3) is 0.438. The van der Waals surface area contributed by atoms with Gasteiger partial charge in [0.15, 0.2) is 0 Å². The quantitative estimate of drug-likeness (QED) is 0.893. The second-order valence-electron chi connectivity index (χ2n) is 5.59. The molecule has 3 amide bonds. The Balaban J connectivity index is 1.48. The molecule has 8 heteroatoms. The Hall–Kier alpha value is -2.35. The van der Waals surface area contributed by atoms with Crippen LogP contribution >= 0.6 is 11.3 Å². The van der Waals surface area contributed by atoms with Crippen molar-refractivity contribution in [2.75, 3.05) is 25.0 Å². The predicted molar refractivity (Wildman–Crippen MR) is 93.4 cm³/mol. The highest BCUT2D eigenvalue weighted by Crippen LogP contribution is 2.21. The summed E-state index contributed by atoms with van der Waals surface area (Å²) in [5.74, 6) is 0. The van der Waals surface area contributed by atoms with Gasteiger partial charge in [0.1, 0.15) is 0 Å². The van der Waals surface area contributed by atoms with Gasteiger partial charge >= 0.3 is 12.1 Å². The third-order valence-electron chi connectivity index (χ3n) is 3.94. The highest BCUT2D eigenvalue weighted by molar-refractivity contribution is 7.16. The molecule has 0 atom stereocenters. The molecular formula is C16H20N4O3S. The first kappa shape index (κ1) is 16.5. The van der Waals surface area contributed by atoms with Crippen LogP contribution < -0.4 is 10.6 Å². The van der Waals surface area contributed by atoms with Crippen molar-refractivity contribution in [3.8, 4) is 0 Å². The Morgan fingerprint density at radius 1 is 1.38 bits per heavy atom. The van der Waals surface area contributed by atoms with Crippen LogP contribution in [0, 0.1) is 0 Å². The maximum Gasteiger partial charge on any atom is 0.409 e. The molecule has 2 aromatic rings. The molecular weight excluding hydrogens is 328 g/mol. The molecule has 0 radical (unpaired) electrons. The van der Waals surface area contributed by atoms with E-state index in [2.05, 4.69) is 15.6 Å². The number of anilines is 1. The Kier molecular flexibility index (Phi) is 5.14. The summed E-state index contributed by atoms with van der Waals surface area (Å²) in [6, 6.07) is 5.48. The summed E-state index contributed by atoms with van der Waals surface area (Å²) in [4.78, 5) is 29.7. The molecule has 0 saturated carbocycles. The summed E-state index contributed by atoms with van der Waals surface area (Å²) in [7, 11) is 0. The SMILES string of the molecule is CCOC(=O)N1CCC(NC(=O)Nc2ccc3scnc3c2)CC1. The van der Waals surface area contributed by atoms with Crippen molar-refractivity contribution in [2.24, 2.45) is 0 Å². The van der Waals surface area contributed by atoms with E-state index in [0.29, 0.717) is 19.7 Å². The van der Waals surface area contributed by atoms with Gasteiger partial charge in [0.25, 0.3) is 0 Å². The Morgan fingerprint density at radius 2 is 2.17 bits per heavy atom. The third-order valence-corrected chi connectivity index (χ3v) is 4.75. The van der Waals surface area contributed by atoms with Gasteiger partial charge in [-0.3, -0.25) is 0 Å². The van der Waals surface area contributed by atoms with Gasteiger partial charge in [0.2, 0.25) is 0 Å². The van der Waals surface area contributed by atoms with Gasteiger partial charge in [-0.2, -0.15) is 0 Å². The van der Waals surface area contributed by atoms with Crippen LogP contribution in [0.3, 0.4) is 0 Å². The van der Waals surface area contributed by atoms with Crippen LogP contribution in [-0.4, -0.2) is 47.7 Å². The van der Waals surface area contributed by atoms with Gasteiger partial charge in [-0.1, -0.05) is 0 Å². The topological polar surface area (TPSA) is 83.6 Å². The number of likely N-dealkylation sites (tertiary alicyclic amines) is 1. The summed E-state index contributed by atoms with van der Waals surface area (Å²) in [6.07, 6.45) is 1.16. The lowest BCUT2D eigenvalue weighted by Crippen LogP contribution is -2.47. The molecule has 1 fully saturated rings. The van der Waals surface area contributed by atoms with E-state index < -0.39 is 0 Å². The van der Waals surface area contributed by atoms with Gasteiger partial charge in [0.05, 0.1) is 22.3 Å². The molecule has 1 saturated heterocycles. The normalized spacial score (nSPS) is 15.3. The first-order valence-electron chi connectivity index (χ1n) is 7.98. The van der Waals surface area contributed by atoms with Crippen LogP contribution in [0.25, 0.3) is 10.2 Å². The van der Waals surface area contributed by atoms with Crippen molar-refractivity contribution in [3.63, 3.8) is 0 Å². The Bertz CT molecular complexity index is 725. The summed E-state index contributed by atoms with van der Waals surface area (Å²) in [5, 5.41) is 5.79. The largest absolute Gasteiger partial charge is 0.450 e. The minimum absolute atomic E-state index is 0.0543. The lowest BCUT2D eigenvalue weighted by molar-refractivity contribution is 0.0959. The number of rotatable bonds is 3. The van der Waals surface area contributed by atoms with Gasteiger partial charge in [0, 0.05) is 24.8 Å². The van der Waals surface area contributed by atoms with Crippen molar-refractivity contribution < 1.29 is 14.3 Å². The molecule has 1 aliphatic heterocycles. The number of nitrogens with one attached hydrogen (secondary N) is 2. The highest BCUT2D eigenvalue weighted by Gasteiger charge is 2.24. The number of fused-ring (bicyclic) bond motifs is 1. The van der Waals surface area contributed by atoms with Gasteiger partial charge in [-0.05, 0) is 38.0 Å². The number of nitrogens with zero attached hydrogens (tertiary/aromatic N) is 2. The van der Waals surface area contributed by atoms with E-state index in [0.717, 1.165) is 28.7 Å². The first-order valence-corrected chi connectivity index (χ1v) is 8.86. The monoisotopic (exact) mass is 348 g/mol. The lowest BCUT2D eigenvalue weighted by Gasteiger charge is -2.31. The van der Waals surface area contributed by atoms with E-state index in [4.69, 9.17) is 4.74 Å². The number of benzene rings is 1. The zero-order valence-electron chi connectivity index (χ0n) is 13.4. The van der Waals surface area contributed by atoms with Gasteiger partial charge in [-0.25, -0.2) is 14.6 Å². The average molecular weight is 348 g/mol. The molecule has 2 N–H and O–H groups in total. The van der Waals surface area contributed by atoms with Crippen LogP contribution in [0.4, 0.5) is 15.3 Å². The first-order chi connectivity index (χ1) is 11.7. The van der Waals surface area contributed by atoms with E-state index in [1.165, 1.54) is 0 Å². The smallest absolute Gasteiger partial charge is 0.409 e. The maximum atomic E-state index is 12.1. The summed E-state index contributed by atoms with van der Waals surface area (Å²) in [5.41, 5.74) is 3.38. The summed E-state index contributed by atoms with van der Waals surface area (Å²) < 4.78 is 6.08. The summed E-state index contributed by atoms with van der Waals surface area (Å²) >= 11 is 1.57. The van der Waals surface area contributed by atoms with E-state index >= 15 is 0 Å². The lowest BCUT2D eigenvalue weighted by atomic mass is 10.1. The van der Waals surface area contributed by atoms with E-state index in [1.54, 1.807) is 28.7 Å². The van der Waals surface area contributed by atoms with Crippen molar-refractivity contribution in [1.82, 2.24) is 15.2 Å². The summed E-state index contributed by atoms with van der Waals surface area (Å²) in [6.45, 7) is 3.35. The number of aromatic nitrogens is 1. The number of hydrogen-bond donors (Lipinski definition) is 2. The van der Waals surface area contributed by atoms with Crippen molar-refractivity contribution in [2.45, 2.75) is 25.8 Å². The Labute approximate surface area is 144 Å². The second kappa shape index (κ2) is 7.48. The third kappa shape index (κ3) is 3.94. The predicted octanol–water partition coefficient (Wildman–Crippen LogP) is 3.04. The molecule has 0 bridgehead atoms. The maximum absolute atomic E-state index is 12.1. The molecule has 1 aliphatic rings. The van der Waals surface area contributed by atoms with Gasteiger partial charge in [-0.15, -0.1) is 11.3 Å². The fourth-order valence-corrected chi connectivity index (χ4v) is 3.37. The number of piperidine rings is 1. The number of hydrogen-bond acceptors (Lipinski definition) is 5. The molecule has 0 aliphatic carbocycles. The molecule has 3 rings (SSSR count). The van der Waals surface area contributed by atoms with Crippen LogP contribution in [0.1, 0.15) is 19.8 Å². The minimum Gasteiger partial charge on any atom is -0.450 e. The van der Waals surface area contributed by atoms with Gasteiger partial charge < -0.3 is 20.3 Å². The zero-order valence-corrected chi connectivity index (χ0v) is 14.3. The molecule has 0 unspecified atom stereocenters. The molecule has 1 aromatic heterocycles. The number of ether oxygens (including phenoxy) is 1. The molecule has 7 nitrogen and oxygen atoms in total. The number of carbonyl (C=O) groups is 2. The molecule has 24 heavy (non-hydrogen) atoms. The molecule has 128 valence electrons. The molecule has 0 spiro atoms. The Morgan fingerprint density at radius 3 is 2.92 bits per heavy atom. The standard InChI is InChI=1S/C16H20N4O3S/c1-2-23-16(22)20-7-5-11(6-8-20)18-15(21)19-12-3-4-14-13(9-12)17-10-24-14/h3-4,9-11H,2,5-8H2,1H3,(H2,18,19,21). The fourth-order valence-electron chi connectivity index (χ4n) is 2.71. The van der Waals surface area contributed by atoms with Crippen LogP contribution in [0.2, 0.25) is 0 Å². The molecule has 2 heterocycles. The minimum atomic E-state index is -0.281. The van der Waals surface area contributed by atoms with Crippen molar-refractivity contribution in [3.05, 3.63) is 23.7 Å². The number of carbonyl (C=O) groups excluding carboxylic acids is 2. The van der Waals surface area contributed by atoms with E-state index in [1.807, 2.05) is 18.2 Å². The van der Waals surface area contributed by atoms with E-state index in [-0.39, 0.29) is 18.2 Å². The number of thiazole rings is 1. The van der Waals surface area contributed by atoms with Crippen molar-refractivity contribution >= 4 is 39.4 Å². The highest BCUT2D eigenvalue weighted by atomic mass is 32.1. The van der Waals surface area contributed by atoms with Crippen LogP contribution in [0.15, 0.2) is 23.7 Å². The average Bonchev–Trinajstić information content (AvgIpc) is 3.03. The number of amides is 3. The van der Waals surface area contributed by atoms with Crippen molar-refractivity contribution in [1.29, 1.82) is 0 Å². The van der Waals surface area contributed by atoms with E-state index in [9.17, 15) is 9.59 Å². The zero-order chi connectivity index (χ0) is 16.9.